The fourth-order valence-electron chi connectivity index (χ4n) is 3.29. The molecule has 0 saturated heterocycles. The van der Waals surface area contributed by atoms with E-state index in [1.807, 2.05) is 6.07 Å². The highest BCUT2D eigenvalue weighted by Crippen LogP contribution is 2.47. The number of non-ortho nitro benzene ring substituents is 1. The molecule has 2 heterocycles. The molecule has 0 fully saturated rings. The predicted molar refractivity (Wildman–Crippen MR) is 101 cm³/mol. The third-order valence-electron chi connectivity index (χ3n) is 4.59. The van der Waals surface area contributed by atoms with Crippen molar-refractivity contribution >= 4 is 17.3 Å². The van der Waals surface area contributed by atoms with Gasteiger partial charge in [0.1, 0.15) is 17.5 Å². The Balaban J connectivity index is 1.95. The molecule has 0 spiro atoms. The lowest BCUT2D eigenvalue weighted by Gasteiger charge is -2.25. The third kappa shape index (κ3) is 2.96. The maximum absolute atomic E-state index is 14.7. The number of nitro groups is 1. The van der Waals surface area contributed by atoms with Crippen LogP contribution in [0, 0.1) is 27.3 Å². The minimum absolute atomic E-state index is 0.0194. The van der Waals surface area contributed by atoms with Gasteiger partial charge in [-0.1, -0.05) is 17.7 Å². The van der Waals surface area contributed by atoms with Crippen LogP contribution in [0.1, 0.15) is 17.0 Å². The highest BCUT2D eigenvalue weighted by Gasteiger charge is 2.38. The van der Waals surface area contributed by atoms with Gasteiger partial charge in [0, 0.05) is 28.3 Å². The van der Waals surface area contributed by atoms with Crippen molar-refractivity contribution in [2.24, 2.45) is 5.73 Å². The van der Waals surface area contributed by atoms with Crippen molar-refractivity contribution < 1.29 is 14.1 Å². The minimum atomic E-state index is -0.971. The highest BCUT2D eigenvalue weighted by atomic mass is 35.5. The van der Waals surface area contributed by atoms with Gasteiger partial charge in [0.05, 0.1) is 22.1 Å². The molecule has 1 aliphatic rings. The lowest BCUT2D eigenvalue weighted by Crippen LogP contribution is -2.21. The molecule has 0 radical (unpaired) electrons. The van der Waals surface area contributed by atoms with Crippen LogP contribution in [0.5, 0.6) is 5.88 Å². The highest BCUT2D eigenvalue weighted by molar-refractivity contribution is 6.31. The van der Waals surface area contributed by atoms with Gasteiger partial charge in [0.15, 0.2) is 0 Å². The molecule has 10 heteroatoms. The SMILES string of the molecule is N#CC1=C(N)Oc2n[nH]c(-c3ccc([N+](=O)[O-])cc3)c2C1c1c(F)cccc1Cl. The number of hydrogen-bond acceptors (Lipinski definition) is 6. The van der Waals surface area contributed by atoms with E-state index in [2.05, 4.69) is 10.2 Å². The summed E-state index contributed by atoms with van der Waals surface area (Å²) in [6.07, 6.45) is 0. The normalized spacial score (nSPS) is 15.4. The number of aromatic nitrogens is 2. The van der Waals surface area contributed by atoms with Crippen molar-refractivity contribution in [2.45, 2.75) is 5.92 Å². The van der Waals surface area contributed by atoms with Gasteiger partial charge in [-0.25, -0.2) is 4.39 Å². The van der Waals surface area contributed by atoms with Crippen molar-refractivity contribution in [3.8, 4) is 23.2 Å². The minimum Gasteiger partial charge on any atom is -0.420 e. The Morgan fingerprint density at radius 3 is 2.62 bits per heavy atom. The molecule has 4 rings (SSSR count). The average Bonchev–Trinajstić information content (AvgIpc) is 3.11. The summed E-state index contributed by atoms with van der Waals surface area (Å²) in [5.74, 6) is -1.72. The molecule has 3 N–H and O–H groups in total. The Morgan fingerprint density at radius 1 is 1.28 bits per heavy atom. The van der Waals surface area contributed by atoms with Crippen LogP contribution in [0.3, 0.4) is 0 Å². The number of H-pyrrole nitrogens is 1. The summed E-state index contributed by atoms with van der Waals surface area (Å²) in [7, 11) is 0. The van der Waals surface area contributed by atoms with Gasteiger partial charge in [-0.2, -0.15) is 5.26 Å². The third-order valence-corrected chi connectivity index (χ3v) is 4.92. The Bertz CT molecular complexity index is 1190. The van der Waals surface area contributed by atoms with Gasteiger partial charge in [-0.15, -0.1) is 5.10 Å². The summed E-state index contributed by atoms with van der Waals surface area (Å²) in [5.41, 5.74) is 7.11. The van der Waals surface area contributed by atoms with Crippen molar-refractivity contribution in [1.82, 2.24) is 10.2 Å². The summed E-state index contributed by atoms with van der Waals surface area (Å²) in [6.45, 7) is 0. The molecule has 0 bridgehead atoms. The predicted octanol–water partition coefficient (Wildman–Crippen LogP) is 4.00. The Morgan fingerprint density at radius 2 is 2.00 bits per heavy atom. The van der Waals surface area contributed by atoms with E-state index < -0.39 is 16.7 Å². The van der Waals surface area contributed by atoms with Crippen LogP contribution in [0.2, 0.25) is 5.02 Å². The van der Waals surface area contributed by atoms with Gasteiger partial charge >= 0.3 is 0 Å². The topological polar surface area (TPSA) is 131 Å². The molecule has 0 amide bonds. The molecule has 1 unspecified atom stereocenters. The standard InChI is InChI=1S/C19H11ClFN5O3/c20-12-2-1-3-13(21)15(12)14-11(8-22)18(23)29-19-16(14)17(24-25-19)9-4-6-10(7-5-9)26(27)28/h1-7,14H,23H2,(H,24,25). The first kappa shape index (κ1) is 18.5. The second-order valence-corrected chi connectivity index (χ2v) is 6.59. The fraction of sp³-hybridized carbons (Fsp3) is 0.0526. The quantitative estimate of drug-likeness (QED) is 0.494. The van der Waals surface area contributed by atoms with Gasteiger partial charge in [-0.05, 0) is 24.3 Å². The number of nitrogens with zero attached hydrogens (tertiary/aromatic N) is 3. The molecular formula is C19H11ClFN5O3. The van der Waals surface area contributed by atoms with E-state index in [9.17, 15) is 19.8 Å². The average molecular weight is 412 g/mol. The molecule has 1 aromatic heterocycles. The molecule has 0 saturated carbocycles. The van der Waals surface area contributed by atoms with Crippen LogP contribution >= 0.6 is 11.6 Å². The van der Waals surface area contributed by atoms with Gasteiger partial charge < -0.3 is 10.5 Å². The second kappa shape index (κ2) is 6.92. The van der Waals surface area contributed by atoms with E-state index in [4.69, 9.17) is 22.1 Å². The maximum Gasteiger partial charge on any atom is 0.269 e. The number of aromatic amines is 1. The lowest BCUT2D eigenvalue weighted by atomic mass is 9.82. The van der Waals surface area contributed by atoms with Crippen molar-refractivity contribution in [2.75, 3.05) is 0 Å². The molecular weight excluding hydrogens is 401 g/mol. The van der Waals surface area contributed by atoms with Crippen LogP contribution < -0.4 is 10.5 Å². The molecule has 144 valence electrons. The van der Waals surface area contributed by atoms with Gasteiger partial charge in [0.2, 0.25) is 11.8 Å². The molecule has 0 aliphatic carbocycles. The first-order chi connectivity index (χ1) is 13.9. The van der Waals surface area contributed by atoms with Gasteiger partial charge in [-0.3, -0.25) is 15.2 Å². The number of nitrogens with two attached hydrogens (primary N) is 1. The number of allylic oxidation sites excluding steroid dienone is 1. The zero-order chi connectivity index (χ0) is 20.7. The van der Waals surface area contributed by atoms with E-state index in [1.54, 1.807) is 0 Å². The smallest absolute Gasteiger partial charge is 0.269 e. The Labute approximate surface area is 168 Å². The number of benzene rings is 2. The van der Waals surface area contributed by atoms with Crippen LogP contribution in [0.4, 0.5) is 10.1 Å². The summed E-state index contributed by atoms with van der Waals surface area (Å²) in [6, 6.07) is 11.8. The first-order valence-corrected chi connectivity index (χ1v) is 8.64. The molecule has 29 heavy (non-hydrogen) atoms. The first-order valence-electron chi connectivity index (χ1n) is 8.27. The number of rotatable bonds is 3. The number of fused-ring (bicyclic) bond motifs is 1. The summed E-state index contributed by atoms with van der Waals surface area (Å²) in [4.78, 5) is 10.4. The molecule has 3 aromatic rings. The fourth-order valence-corrected chi connectivity index (χ4v) is 3.56. The van der Waals surface area contributed by atoms with Crippen molar-refractivity contribution in [3.63, 3.8) is 0 Å². The van der Waals surface area contributed by atoms with E-state index in [0.29, 0.717) is 16.8 Å². The van der Waals surface area contributed by atoms with Crippen molar-refractivity contribution in [1.29, 1.82) is 5.26 Å². The van der Waals surface area contributed by atoms with E-state index in [0.717, 1.165) is 0 Å². The number of nitrogens with one attached hydrogen (secondary N) is 1. The van der Waals surface area contributed by atoms with Crippen LogP contribution in [-0.4, -0.2) is 15.1 Å². The molecule has 1 aliphatic heterocycles. The van der Waals surface area contributed by atoms with Crippen LogP contribution in [0.25, 0.3) is 11.3 Å². The van der Waals surface area contributed by atoms with E-state index in [-0.39, 0.29) is 33.6 Å². The molecule has 2 aromatic carbocycles. The van der Waals surface area contributed by atoms with E-state index >= 15 is 0 Å². The lowest BCUT2D eigenvalue weighted by molar-refractivity contribution is -0.384. The van der Waals surface area contributed by atoms with Crippen molar-refractivity contribution in [3.05, 3.63) is 86.0 Å². The van der Waals surface area contributed by atoms with Crippen LogP contribution in [0.15, 0.2) is 53.9 Å². The zero-order valence-electron chi connectivity index (χ0n) is 14.5. The molecule has 1 atom stereocenters. The monoisotopic (exact) mass is 411 g/mol. The number of halogens is 2. The maximum atomic E-state index is 14.7. The Kier molecular flexibility index (Phi) is 4.41. The molecule has 8 nitrogen and oxygen atoms in total. The second-order valence-electron chi connectivity index (χ2n) is 6.18. The number of nitriles is 1. The Hall–Kier alpha value is -3.90. The number of ether oxygens (including phenoxy) is 1. The zero-order valence-corrected chi connectivity index (χ0v) is 15.3. The summed E-state index contributed by atoms with van der Waals surface area (Å²) in [5, 5.41) is 27.5. The van der Waals surface area contributed by atoms with Crippen LogP contribution in [-0.2, 0) is 0 Å². The number of nitro benzene ring substituents is 1. The summed E-state index contributed by atoms with van der Waals surface area (Å²) >= 11 is 6.26. The van der Waals surface area contributed by atoms with Gasteiger partial charge in [0.25, 0.3) is 5.69 Å². The summed E-state index contributed by atoms with van der Waals surface area (Å²) < 4.78 is 20.2. The largest absolute Gasteiger partial charge is 0.420 e. The number of hydrogen-bond donors (Lipinski definition) is 2. The van der Waals surface area contributed by atoms with E-state index in [1.165, 1.54) is 42.5 Å².